The molecule has 2 unspecified atom stereocenters. The van der Waals surface area contributed by atoms with Crippen molar-refractivity contribution in [2.45, 2.75) is 30.6 Å². The Balaban J connectivity index is 2.18. The maximum absolute atomic E-state index is 13.3. The summed E-state index contributed by atoms with van der Waals surface area (Å²) in [6, 6.07) is 4.06. The Labute approximate surface area is 128 Å². The van der Waals surface area contributed by atoms with Crippen molar-refractivity contribution >= 4 is 17.7 Å². The van der Waals surface area contributed by atoms with Gasteiger partial charge in [-0.2, -0.15) is 11.8 Å². The van der Waals surface area contributed by atoms with E-state index in [0.29, 0.717) is 16.4 Å². The first-order valence-electron chi connectivity index (χ1n) is 6.88. The number of benzene rings is 1. The molecule has 3 nitrogen and oxygen atoms in total. The van der Waals surface area contributed by atoms with E-state index in [1.807, 2.05) is 6.26 Å². The number of thioether (sulfide) groups is 1. The molecule has 0 saturated heterocycles. The fourth-order valence-corrected chi connectivity index (χ4v) is 3.51. The number of hydrogen-bond donors (Lipinski definition) is 2. The van der Waals surface area contributed by atoms with Gasteiger partial charge in [0.2, 0.25) is 0 Å². The first-order chi connectivity index (χ1) is 10.2. The Morgan fingerprint density at radius 2 is 2.33 bits per heavy atom. The van der Waals surface area contributed by atoms with Crippen molar-refractivity contribution in [3.63, 3.8) is 0 Å². The van der Waals surface area contributed by atoms with E-state index in [-0.39, 0.29) is 18.6 Å². The number of hydrogen-bond acceptors (Lipinski definition) is 3. The average molecular weight is 307 g/mol. The van der Waals surface area contributed by atoms with Gasteiger partial charge in [-0.3, -0.25) is 4.79 Å². The standard InChI is InChI=1S/C16H18FNO2S/c1-21-15-6-2-5-14(15)18-16(20)13-8-7-12(17)10-11(13)4-3-9-19/h7-8,10,14-15,19H,2,5-6,9H2,1H3,(H,18,20). The highest BCUT2D eigenvalue weighted by molar-refractivity contribution is 7.99. The molecule has 0 aliphatic heterocycles. The molecule has 1 aliphatic carbocycles. The van der Waals surface area contributed by atoms with Crippen molar-refractivity contribution in [3.05, 3.63) is 35.1 Å². The number of aliphatic hydroxyl groups is 1. The molecule has 2 rings (SSSR count). The summed E-state index contributed by atoms with van der Waals surface area (Å²) in [7, 11) is 0. The fraction of sp³-hybridized carbons (Fsp3) is 0.438. The number of amides is 1. The van der Waals surface area contributed by atoms with Crippen LogP contribution in [0.3, 0.4) is 0 Å². The SMILES string of the molecule is CSC1CCCC1NC(=O)c1ccc(F)cc1C#CCO. The van der Waals surface area contributed by atoms with Crippen molar-refractivity contribution in [1.82, 2.24) is 5.32 Å². The summed E-state index contributed by atoms with van der Waals surface area (Å²) < 4.78 is 13.3. The lowest BCUT2D eigenvalue weighted by Gasteiger charge is -2.19. The Hall–Kier alpha value is -1.51. The molecule has 0 bridgehead atoms. The Morgan fingerprint density at radius 1 is 1.52 bits per heavy atom. The summed E-state index contributed by atoms with van der Waals surface area (Å²) in [5.74, 6) is 4.40. The lowest BCUT2D eigenvalue weighted by Crippen LogP contribution is -2.38. The number of carbonyl (C=O) groups excluding carboxylic acids is 1. The highest BCUT2D eigenvalue weighted by Gasteiger charge is 2.28. The quantitative estimate of drug-likeness (QED) is 0.842. The zero-order chi connectivity index (χ0) is 15.2. The fourth-order valence-electron chi connectivity index (χ4n) is 2.57. The second-order valence-electron chi connectivity index (χ2n) is 4.93. The van der Waals surface area contributed by atoms with Gasteiger partial charge in [0.25, 0.3) is 5.91 Å². The molecule has 1 aliphatic rings. The van der Waals surface area contributed by atoms with E-state index in [1.54, 1.807) is 11.8 Å². The minimum atomic E-state index is -0.448. The molecule has 0 heterocycles. The summed E-state index contributed by atoms with van der Waals surface area (Å²) >= 11 is 1.76. The van der Waals surface area contributed by atoms with E-state index >= 15 is 0 Å². The third-order valence-electron chi connectivity index (χ3n) is 3.60. The van der Waals surface area contributed by atoms with Crippen molar-refractivity contribution in [2.24, 2.45) is 0 Å². The second kappa shape index (κ2) is 7.48. The Bertz CT molecular complexity index is 579. The van der Waals surface area contributed by atoms with Gasteiger partial charge in [0.05, 0.1) is 5.56 Å². The van der Waals surface area contributed by atoms with E-state index in [9.17, 15) is 9.18 Å². The molecule has 5 heteroatoms. The summed E-state index contributed by atoms with van der Waals surface area (Å²) in [5, 5.41) is 12.2. The molecule has 1 fully saturated rings. The Kier molecular flexibility index (Phi) is 5.66. The monoisotopic (exact) mass is 307 g/mol. The third kappa shape index (κ3) is 3.99. The lowest BCUT2D eigenvalue weighted by molar-refractivity contribution is 0.0938. The predicted octanol–water partition coefficient (Wildman–Crippen LogP) is 2.18. The molecule has 1 aromatic rings. The lowest BCUT2D eigenvalue weighted by atomic mass is 10.1. The summed E-state index contributed by atoms with van der Waals surface area (Å²) in [6.45, 7) is -0.325. The van der Waals surface area contributed by atoms with Crippen LogP contribution in [-0.4, -0.2) is 35.2 Å². The van der Waals surface area contributed by atoms with Crippen LogP contribution in [0.1, 0.15) is 35.2 Å². The summed E-state index contributed by atoms with van der Waals surface area (Å²) in [6.07, 6.45) is 5.23. The average Bonchev–Trinajstić information content (AvgIpc) is 2.92. The van der Waals surface area contributed by atoms with E-state index in [2.05, 4.69) is 17.2 Å². The Morgan fingerprint density at radius 3 is 3.05 bits per heavy atom. The number of aliphatic hydroxyl groups excluding tert-OH is 1. The molecule has 0 spiro atoms. The normalized spacial score (nSPS) is 20.7. The van der Waals surface area contributed by atoms with Gasteiger partial charge in [-0.25, -0.2) is 4.39 Å². The van der Waals surface area contributed by atoms with E-state index in [4.69, 9.17) is 5.11 Å². The largest absolute Gasteiger partial charge is 0.384 e. The number of halogens is 1. The van der Waals surface area contributed by atoms with Crippen LogP contribution in [0, 0.1) is 17.7 Å². The maximum Gasteiger partial charge on any atom is 0.252 e. The number of rotatable bonds is 3. The van der Waals surface area contributed by atoms with Crippen LogP contribution in [0.2, 0.25) is 0 Å². The van der Waals surface area contributed by atoms with Crippen LogP contribution in [0.4, 0.5) is 4.39 Å². The first-order valence-corrected chi connectivity index (χ1v) is 8.17. The van der Waals surface area contributed by atoms with Crippen LogP contribution in [-0.2, 0) is 0 Å². The van der Waals surface area contributed by atoms with Crippen molar-refractivity contribution in [1.29, 1.82) is 0 Å². The molecular formula is C16H18FNO2S. The van der Waals surface area contributed by atoms with Gasteiger partial charge in [-0.05, 0) is 37.3 Å². The first kappa shape index (κ1) is 15.9. The van der Waals surface area contributed by atoms with Crippen molar-refractivity contribution < 1.29 is 14.3 Å². The summed E-state index contributed by atoms with van der Waals surface area (Å²) in [4.78, 5) is 12.4. The van der Waals surface area contributed by atoms with Crippen LogP contribution in [0.25, 0.3) is 0 Å². The minimum Gasteiger partial charge on any atom is -0.384 e. The highest BCUT2D eigenvalue weighted by atomic mass is 32.2. The molecule has 2 N–H and O–H groups in total. The van der Waals surface area contributed by atoms with Gasteiger partial charge >= 0.3 is 0 Å². The molecule has 1 saturated carbocycles. The van der Waals surface area contributed by atoms with Gasteiger partial charge in [0.1, 0.15) is 12.4 Å². The zero-order valence-electron chi connectivity index (χ0n) is 11.9. The zero-order valence-corrected chi connectivity index (χ0v) is 12.7. The predicted molar refractivity (Wildman–Crippen MR) is 82.8 cm³/mol. The minimum absolute atomic E-state index is 0.149. The smallest absolute Gasteiger partial charge is 0.252 e. The van der Waals surface area contributed by atoms with Gasteiger partial charge < -0.3 is 10.4 Å². The van der Waals surface area contributed by atoms with E-state index in [1.165, 1.54) is 18.2 Å². The number of carbonyl (C=O) groups is 1. The highest BCUT2D eigenvalue weighted by Crippen LogP contribution is 2.28. The maximum atomic E-state index is 13.3. The molecule has 21 heavy (non-hydrogen) atoms. The van der Waals surface area contributed by atoms with E-state index in [0.717, 1.165) is 19.3 Å². The molecule has 1 amide bonds. The van der Waals surface area contributed by atoms with E-state index < -0.39 is 5.82 Å². The topological polar surface area (TPSA) is 49.3 Å². The number of nitrogens with one attached hydrogen (secondary N) is 1. The van der Waals surface area contributed by atoms with Gasteiger partial charge in [-0.15, -0.1) is 0 Å². The molecule has 2 atom stereocenters. The molecule has 112 valence electrons. The van der Waals surface area contributed by atoms with Gasteiger partial charge in [0, 0.05) is 16.9 Å². The van der Waals surface area contributed by atoms with Crippen molar-refractivity contribution in [2.75, 3.05) is 12.9 Å². The third-order valence-corrected chi connectivity index (χ3v) is 4.77. The molecular weight excluding hydrogens is 289 g/mol. The molecule has 1 aromatic carbocycles. The van der Waals surface area contributed by atoms with Gasteiger partial charge in [0.15, 0.2) is 0 Å². The molecule has 0 aromatic heterocycles. The molecule has 0 radical (unpaired) electrons. The van der Waals surface area contributed by atoms with Crippen molar-refractivity contribution in [3.8, 4) is 11.8 Å². The second-order valence-corrected chi connectivity index (χ2v) is 6.01. The van der Waals surface area contributed by atoms with Crippen LogP contribution in [0.15, 0.2) is 18.2 Å². The summed E-state index contributed by atoms with van der Waals surface area (Å²) in [5.41, 5.74) is 0.657. The van der Waals surface area contributed by atoms with Crippen LogP contribution >= 0.6 is 11.8 Å². The van der Waals surface area contributed by atoms with Crippen LogP contribution < -0.4 is 5.32 Å². The van der Waals surface area contributed by atoms with Gasteiger partial charge in [-0.1, -0.05) is 18.3 Å². The van der Waals surface area contributed by atoms with Crippen LogP contribution in [0.5, 0.6) is 0 Å².